The van der Waals surface area contributed by atoms with Crippen LogP contribution in [0.3, 0.4) is 0 Å². The van der Waals surface area contributed by atoms with Crippen LogP contribution in [0.4, 0.5) is 0 Å². The van der Waals surface area contributed by atoms with Gasteiger partial charge in [0.15, 0.2) is 18.1 Å². The smallest absolute Gasteiger partial charge is 0.258 e. The lowest BCUT2D eigenvalue weighted by molar-refractivity contribution is -0.123. The number of nitrogens with zero attached hydrogens (tertiary/aromatic N) is 1. The van der Waals surface area contributed by atoms with Gasteiger partial charge in [0.1, 0.15) is 0 Å². The molecule has 1 heterocycles. The van der Waals surface area contributed by atoms with E-state index in [1.807, 2.05) is 18.7 Å². The van der Waals surface area contributed by atoms with E-state index in [0.717, 1.165) is 6.54 Å². The van der Waals surface area contributed by atoms with Crippen molar-refractivity contribution in [3.8, 4) is 11.5 Å². The van der Waals surface area contributed by atoms with Crippen LogP contribution < -0.4 is 20.1 Å². The Labute approximate surface area is 148 Å². The van der Waals surface area contributed by atoms with Gasteiger partial charge in [-0.25, -0.2) is 0 Å². The van der Waals surface area contributed by atoms with Gasteiger partial charge in [0, 0.05) is 37.3 Å². The van der Waals surface area contributed by atoms with E-state index in [0.29, 0.717) is 30.2 Å². The molecule has 0 radical (unpaired) electrons. The van der Waals surface area contributed by atoms with Crippen molar-refractivity contribution in [1.29, 1.82) is 0 Å². The molecule has 1 aromatic rings. The molecular formula is C18H27N3O4. The Morgan fingerprint density at radius 1 is 1.36 bits per heavy atom. The van der Waals surface area contributed by atoms with Crippen molar-refractivity contribution in [2.24, 2.45) is 0 Å². The van der Waals surface area contributed by atoms with E-state index < -0.39 is 0 Å². The SMILES string of the molecule is COc1cc(C(=O)N2CCNC(C)C2)ccc1OCC(=O)NC(C)C. The van der Waals surface area contributed by atoms with Gasteiger partial charge in [-0.05, 0) is 39.0 Å². The Kier molecular flexibility index (Phi) is 6.64. The number of rotatable bonds is 6. The molecule has 0 aromatic heterocycles. The summed E-state index contributed by atoms with van der Waals surface area (Å²) in [6.45, 7) is 7.87. The number of piperazine rings is 1. The minimum atomic E-state index is -0.202. The molecule has 1 fully saturated rings. The topological polar surface area (TPSA) is 79.9 Å². The maximum atomic E-state index is 12.6. The predicted octanol–water partition coefficient (Wildman–Crippen LogP) is 1.03. The van der Waals surface area contributed by atoms with Gasteiger partial charge < -0.3 is 25.0 Å². The van der Waals surface area contributed by atoms with Crippen molar-refractivity contribution >= 4 is 11.8 Å². The van der Waals surface area contributed by atoms with Crippen LogP contribution >= 0.6 is 0 Å². The molecule has 0 spiro atoms. The van der Waals surface area contributed by atoms with E-state index in [9.17, 15) is 9.59 Å². The lowest BCUT2D eigenvalue weighted by Crippen LogP contribution is -2.51. The number of hydrogen-bond donors (Lipinski definition) is 2. The van der Waals surface area contributed by atoms with E-state index in [1.54, 1.807) is 18.2 Å². The van der Waals surface area contributed by atoms with Crippen LogP contribution in [0, 0.1) is 0 Å². The van der Waals surface area contributed by atoms with E-state index in [4.69, 9.17) is 9.47 Å². The normalized spacial score (nSPS) is 17.3. The number of hydrogen-bond acceptors (Lipinski definition) is 5. The molecule has 1 atom stereocenters. The summed E-state index contributed by atoms with van der Waals surface area (Å²) in [5.41, 5.74) is 0.546. The molecule has 2 N–H and O–H groups in total. The second-order valence-corrected chi connectivity index (χ2v) is 6.48. The molecule has 1 unspecified atom stereocenters. The predicted molar refractivity (Wildman–Crippen MR) is 95.1 cm³/mol. The minimum Gasteiger partial charge on any atom is -0.493 e. The van der Waals surface area contributed by atoms with Crippen molar-refractivity contribution in [3.05, 3.63) is 23.8 Å². The highest BCUT2D eigenvalue weighted by atomic mass is 16.5. The number of amides is 2. The number of nitrogens with one attached hydrogen (secondary N) is 2. The van der Waals surface area contributed by atoms with Crippen LogP contribution in [0.1, 0.15) is 31.1 Å². The zero-order chi connectivity index (χ0) is 18.4. The maximum absolute atomic E-state index is 12.6. The number of carbonyl (C=O) groups is 2. The molecule has 1 aliphatic heterocycles. The van der Waals surface area contributed by atoms with Crippen molar-refractivity contribution in [1.82, 2.24) is 15.5 Å². The van der Waals surface area contributed by atoms with Gasteiger partial charge in [-0.1, -0.05) is 0 Å². The average Bonchev–Trinajstić information content (AvgIpc) is 2.58. The van der Waals surface area contributed by atoms with Gasteiger partial charge in [0.25, 0.3) is 11.8 Å². The molecule has 0 bridgehead atoms. The van der Waals surface area contributed by atoms with Gasteiger partial charge in [0.2, 0.25) is 0 Å². The lowest BCUT2D eigenvalue weighted by atomic mass is 10.1. The van der Waals surface area contributed by atoms with E-state index in [1.165, 1.54) is 7.11 Å². The third kappa shape index (κ3) is 5.35. The summed E-state index contributed by atoms with van der Waals surface area (Å²) in [6.07, 6.45) is 0. The summed E-state index contributed by atoms with van der Waals surface area (Å²) in [5, 5.41) is 6.07. The molecule has 25 heavy (non-hydrogen) atoms. The lowest BCUT2D eigenvalue weighted by Gasteiger charge is -2.32. The fourth-order valence-corrected chi connectivity index (χ4v) is 2.73. The Hall–Kier alpha value is -2.28. The van der Waals surface area contributed by atoms with Gasteiger partial charge in [0.05, 0.1) is 7.11 Å². The van der Waals surface area contributed by atoms with Gasteiger partial charge in [-0.2, -0.15) is 0 Å². The number of ether oxygens (including phenoxy) is 2. The number of methoxy groups -OCH3 is 1. The first-order valence-corrected chi connectivity index (χ1v) is 8.53. The number of carbonyl (C=O) groups excluding carboxylic acids is 2. The fourth-order valence-electron chi connectivity index (χ4n) is 2.73. The van der Waals surface area contributed by atoms with Crippen LogP contribution in [0.5, 0.6) is 11.5 Å². The van der Waals surface area contributed by atoms with E-state index >= 15 is 0 Å². The second-order valence-electron chi connectivity index (χ2n) is 6.48. The van der Waals surface area contributed by atoms with Crippen molar-refractivity contribution in [2.45, 2.75) is 32.9 Å². The van der Waals surface area contributed by atoms with Crippen molar-refractivity contribution in [2.75, 3.05) is 33.4 Å². The van der Waals surface area contributed by atoms with Crippen LogP contribution in [0.2, 0.25) is 0 Å². The molecule has 2 rings (SSSR count). The Bertz CT molecular complexity index is 618. The summed E-state index contributed by atoms with van der Waals surface area (Å²) in [5.74, 6) is 0.640. The van der Waals surface area contributed by atoms with Crippen molar-refractivity contribution in [3.63, 3.8) is 0 Å². The van der Waals surface area contributed by atoms with Gasteiger partial charge in [-0.15, -0.1) is 0 Å². The van der Waals surface area contributed by atoms with E-state index in [-0.39, 0.29) is 30.5 Å². The highest BCUT2D eigenvalue weighted by Crippen LogP contribution is 2.28. The quantitative estimate of drug-likeness (QED) is 0.802. The average molecular weight is 349 g/mol. The standard InChI is InChI=1S/C18H27N3O4/c1-12(2)20-17(22)11-25-15-6-5-14(9-16(15)24-4)18(23)21-8-7-19-13(3)10-21/h5-6,9,12-13,19H,7-8,10-11H2,1-4H3,(H,20,22). The van der Waals surface area contributed by atoms with Crippen LogP contribution in [-0.4, -0.2) is 62.1 Å². The van der Waals surface area contributed by atoms with Crippen LogP contribution in [0.25, 0.3) is 0 Å². The van der Waals surface area contributed by atoms with Crippen LogP contribution in [0.15, 0.2) is 18.2 Å². The first-order valence-electron chi connectivity index (χ1n) is 8.53. The molecule has 0 aliphatic carbocycles. The maximum Gasteiger partial charge on any atom is 0.258 e. The van der Waals surface area contributed by atoms with Crippen LogP contribution in [-0.2, 0) is 4.79 Å². The molecule has 2 amide bonds. The first kappa shape index (κ1) is 19.1. The third-order valence-electron chi connectivity index (χ3n) is 3.87. The molecule has 138 valence electrons. The number of benzene rings is 1. The summed E-state index contributed by atoms with van der Waals surface area (Å²) in [7, 11) is 1.51. The summed E-state index contributed by atoms with van der Waals surface area (Å²) in [6, 6.07) is 5.36. The minimum absolute atomic E-state index is 0.0317. The largest absolute Gasteiger partial charge is 0.493 e. The fraction of sp³-hybridized carbons (Fsp3) is 0.556. The molecule has 7 heteroatoms. The van der Waals surface area contributed by atoms with Gasteiger partial charge >= 0.3 is 0 Å². The molecule has 1 aliphatic rings. The van der Waals surface area contributed by atoms with E-state index in [2.05, 4.69) is 17.6 Å². The van der Waals surface area contributed by atoms with Gasteiger partial charge in [-0.3, -0.25) is 9.59 Å². The molecule has 1 aromatic carbocycles. The molecule has 7 nitrogen and oxygen atoms in total. The molecule has 0 saturated carbocycles. The zero-order valence-corrected chi connectivity index (χ0v) is 15.3. The summed E-state index contributed by atoms with van der Waals surface area (Å²) < 4.78 is 10.8. The second kappa shape index (κ2) is 8.71. The highest BCUT2D eigenvalue weighted by Gasteiger charge is 2.22. The molecule has 1 saturated heterocycles. The monoisotopic (exact) mass is 349 g/mol. The Morgan fingerprint density at radius 3 is 2.76 bits per heavy atom. The summed E-state index contributed by atoms with van der Waals surface area (Å²) >= 11 is 0. The summed E-state index contributed by atoms with van der Waals surface area (Å²) in [4.78, 5) is 26.2. The third-order valence-corrected chi connectivity index (χ3v) is 3.87. The Morgan fingerprint density at radius 2 is 2.12 bits per heavy atom. The van der Waals surface area contributed by atoms with Crippen molar-refractivity contribution < 1.29 is 19.1 Å². The molecular weight excluding hydrogens is 322 g/mol. The highest BCUT2D eigenvalue weighted by molar-refractivity contribution is 5.95. The Balaban J connectivity index is 2.05. The zero-order valence-electron chi connectivity index (χ0n) is 15.3. The first-order chi connectivity index (χ1) is 11.9.